The molecule has 1 aliphatic heterocycles. The molecule has 1 aromatic carbocycles. The molecule has 1 heterocycles. The predicted octanol–water partition coefficient (Wildman–Crippen LogP) is 1.65. The number of amides is 1. The summed E-state index contributed by atoms with van der Waals surface area (Å²) in [4.78, 5) is 24.4. The summed E-state index contributed by atoms with van der Waals surface area (Å²) in [6, 6.07) is 6.89. The van der Waals surface area contributed by atoms with Crippen molar-refractivity contribution in [2.75, 3.05) is 24.7 Å². The van der Waals surface area contributed by atoms with Crippen molar-refractivity contribution in [3.63, 3.8) is 0 Å². The van der Waals surface area contributed by atoms with Gasteiger partial charge in [-0.25, -0.2) is 13.2 Å². The minimum absolute atomic E-state index is 0.0585. The van der Waals surface area contributed by atoms with E-state index in [1.165, 1.54) is 11.8 Å². The first-order valence-electron chi connectivity index (χ1n) is 7.81. The molecule has 0 bridgehead atoms. The lowest BCUT2D eigenvalue weighted by atomic mass is 10.2. The van der Waals surface area contributed by atoms with Gasteiger partial charge in [-0.2, -0.15) is 0 Å². The summed E-state index contributed by atoms with van der Waals surface area (Å²) in [5.74, 6) is -0.599. The van der Waals surface area contributed by atoms with Crippen LogP contribution in [0.15, 0.2) is 29.2 Å². The summed E-state index contributed by atoms with van der Waals surface area (Å²) in [7, 11) is -2.97. The van der Waals surface area contributed by atoms with Gasteiger partial charge in [0.1, 0.15) is 0 Å². The molecule has 2 rings (SSSR count). The van der Waals surface area contributed by atoms with Crippen LogP contribution >= 0.6 is 11.8 Å². The van der Waals surface area contributed by atoms with Gasteiger partial charge in [0.25, 0.3) is 5.91 Å². The van der Waals surface area contributed by atoms with Gasteiger partial charge in [0.2, 0.25) is 0 Å². The van der Waals surface area contributed by atoms with Crippen molar-refractivity contribution >= 4 is 33.5 Å². The SMILES string of the molecule is CCCNC(=O)COC(=O)c1ccccc1S[C@@H]1CCS(=O)(=O)C1. The first kappa shape index (κ1) is 18.8. The predicted molar refractivity (Wildman–Crippen MR) is 92.9 cm³/mol. The van der Waals surface area contributed by atoms with Gasteiger partial charge in [0.05, 0.1) is 17.1 Å². The number of thioether (sulfide) groups is 1. The normalized spacial score (nSPS) is 19.0. The maximum absolute atomic E-state index is 12.2. The molecular formula is C16H21NO5S2. The lowest BCUT2D eigenvalue weighted by Crippen LogP contribution is -2.29. The Morgan fingerprint density at radius 3 is 2.75 bits per heavy atom. The van der Waals surface area contributed by atoms with E-state index >= 15 is 0 Å². The van der Waals surface area contributed by atoms with E-state index in [0.29, 0.717) is 23.4 Å². The Labute approximate surface area is 146 Å². The van der Waals surface area contributed by atoms with Crippen LogP contribution in [-0.4, -0.2) is 50.2 Å². The number of hydrogen-bond acceptors (Lipinski definition) is 6. The maximum atomic E-state index is 12.2. The maximum Gasteiger partial charge on any atom is 0.339 e. The van der Waals surface area contributed by atoms with E-state index in [9.17, 15) is 18.0 Å². The molecule has 1 N–H and O–H groups in total. The summed E-state index contributed by atoms with van der Waals surface area (Å²) >= 11 is 1.38. The molecule has 0 spiro atoms. The van der Waals surface area contributed by atoms with Crippen LogP contribution in [0.25, 0.3) is 0 Å². The van der Waals surface area contributed by atoms with Crippen LogP contribution in [0.1, 0.15) is 30.1 Å². The minimum Gasteiger partial charge on any atom is -0.452 e. The van der Waals surface area contributed by atoms with Crippen LogP contribution in [0.3, 0.4) is 0 Å². The highest BCUT2D eigenvalue weighted by Crippen LogP contribution is 2.33. The highest BCUT2D eigenvalue weighted by atomic mass is 32.2. The van der Waals surface area contributed by atoms with Crippen molar-refractivity contribution in [3.8, 4) is 0 Å². The number of rotatable bonds is 7. The Morgan fingerprint density at radius 2 is 2.08 bits per heavy atom. The highest BCUT2D eigenvalue weighted by molar-refractivity contribution is 8.02. The first-order valence-corrected chi connectivity index (χ1v) is 10.5. The Balaban J connectivity index is 1.97. The third kappa shape index (κ3) is 5.52. The molecule has 0 radical (unpaired) electrons. The molecule has 8 heteroatoms. The van der Waals surface area contributed by atoms with E-state index in [0.717, 1.165) is 6.42 Å². The summed E-state index contributed by atoms with van der Waals surface area (Å²) in [5.41, 5.74) is 0.357. The van der Waals surface area contributed by atoms with Gasteiger partial charge in [-0.15, -0.1) is 11.8 Å². The van der Waals surface area contributed by atoms with Gasteiger partial charge in [0.15, 0.2) is 16.4 Å². The minimum atomic E-state index is -2.97. The molecule has 0 aromatic heterocycles. The van der Waals surface area contributed by atoms with Crippen molar-refractivity contribution in [1.29, 1.82) is 0 Å². The second-order valence-corrected chi connectivity index (χ2v) is 9.14. The van der Waals surface area contributed by atoms with Gasteiger partial charge >= 0.3 is 5.97 Å². The summed E-state index contributed by atoms with van der Waals surface area (Å²) in [5, 5.41) is 2.57. The zero-order chi connectivity index (χ0) is 17.6. The number of benzene rings is 1. The zero-order valence-electron chi connectivity index (χ0n) is 13.5. The molecule has 132 valence electrons. The van der Waals surface area contributed by atoms with E-state index in [2.05, 4.69) is 5.32 Å². The standard InChI is InChI=1S/C16H21NO5S2/c1-2-8-17-15(18)10-22-16(19)13-5-3-4-6-14(13)23-12-7-9-24(20,21)11-12/h3-6,12H,2,7-11H2,1H3,(H,17,18)/t12-/m1/s1. The van der Waals surface area contributed by atoms with Gasteiger partial charge < -0.3 is 10.1 Å². The quantitative estimate of drug-likeness (QED) is 0.733. The van der Waals surface area contributed by atoms with Crippen molar-refractivity contribution < 1.29 is 22.7 Å². The van der Waals surface area contributed by atoms with E-state index in [4.69, 9.17) is 4.74 Å². The lowest BCUT2D eigenvalue weighted by molar-refractivity contribution is -0.124. The van der Waals surface area contributed by atoms with Crippen LogP contribution in [-0.2, 0) is 19.4 Å². The van der Waals surface area contributed by atoms with Gasteiger partial charge in [-0.1, -0.05) is 19.1 Å². The smallest absolute Gasteiger partial charge is 0.339 e. The number of carbonyl (C=O) groups is 2. The van der Waals surface area contributed by atoms with Crippen LogP contribution < -0.4 is 5.32 Å². The van der Waals surface area contributed by atoms with Crippen molar-refractivity contribution in [3.05, 3.63) is 29.8 Å². The largest absolute Gasteiger partial charge is 0.452 e. The van der Waals surface area contributed by atoms with Gasteiger partial charge in [-0.3, -0.25) is 4.79 Å². The van der Waals surface area contributed by atoms with Crippen molar-refractivity contribution in [2.24, 2.45) is 0 Å². The molecule has 24 heavy (non-hydrogen) atoms. The van der Waals surface area contributed by atoms with Gasteiger partial charge in [0, 0.05) is 16.7 Å². The molecule has 1 aliphatic rings. The Hall–Kier alpha value is -1.54. The average Bonchev–Trinajstić information content (AvgIpc) is 2.89. The second kappa shape index (κ2) is 8.53. The number of sulfone groups is 1. The van der Waals surface area contributed by atoms with Crippen LogP contribution in [0.2, 0.25) is 0 Å². The molecule has 1 fully saturated rings. The summed E-state index contributed by atoms with van der Waals surface area (Å²) in [6.45, 7) is 2.15. The van der Waals surface area contributed by atoms with E-state index in [1.54, 1.807) is 24.3 Å². The topological polar surface area (TPSA) is 89.5 Å². The molecular weight excluding hydrogens is 350 g/mol. The van der Waals surface area contributed by atoms with E-state index < -0.39 is 15.8 Å². The van der Waals surface area contributed by atoms with Crippen molar-refractivity contribution in [1.82, 2.24) is 5.32 Å². The third-order valence-corrected chi connectivity index (χ3v) is 6.82. The summed E-state index contributed by atoms with van der Waals surface area (Å²) in [6.07, 6.45) is 1.39. The number of ether oxygens (including phenoxy) is 1. The molecule has 1 atom stereocenters. The monoisotopic (exact) mass is 371 g/mol. The van der Waals surface area contributed by atoms with Crippen LogP contribution in [0, 0.1) is 0 Å². The van der Waals surface area contributed by atoms with E-state index in [1.807, 2.05) is 6.92 Å². The Bertz CT molecular complexity index is 702. The second-order valence-electron chi connectivity index (χ2n) is 5.57. The highest BCUT2D eigenvalue weighted by Gasteiger charge is 2.29. The number of hydrogen-bond donors (Lipinski definition) is 1. The Kier molecular flexibility index (Phi) is 6.68. The fourth-order valence-corrected chi connectivity index (χ4v) is 5.91. The Morgan fingerprint density at radius 1 is 1.33 bits per heavy atom. The lowest BCUT2D eigenvalue weighted by Gasteiger charge is -2.12. The fourth-order valence-electron chi connectivity index (χ4n) is 2.30. The van der Waals surface area contributed by atoms with Gasteiger partial charge in [-0.05, 0) is 25.0 Å². The molecule has 1 saturated heterocycles. The molecule has 1 amide bonds. The first-order chi connectivity index (χ1) is 11.4. The molecule has 0 saturated carbocycles. The van der Waals surface area contributed by atoms with E-state index in [-0.39, 0.29) is 29.3 Å². The molecule has 1 aromatic rings. The third-order valence-electron chi connectivity index (χ3n) is 3.50. The van der Waals surface area contributed by atoms with Crippen LogP contribution in [0.5, 0.6) is 0 Å². The number of esters is 1. The number of carbonyl (C=O) groups excluding carboxylic acids is 2. The molecule has 0 unspecified atom stereocenters. The molecule has 0 aliphatic carbocycles. The van der Waals surface area contributed by atoms with Crippen molar-refractivity contribution in [2.45, 2.75) is 29.9 Å². The number of nitrogens with one attached hydrogen (secondary N) is 1. The fraction of sp³-hybridized carbons (Fsp3) is 0.500. The summed E-state index contributed by atoms with van der Waals surface area (Å²) < 4.78 is 28.2. The molecule has 6 nitrogen and oxygen atoms in total. The average molecular weight is 371 g/mol. The van der Waals surface area contributed by atoms with Crippen LogP contribution in [0.4, 0.5) is 0 Å². The zero-order valence-corrected chi connectivity index (χ0v) is 15.1.